The van der Waals surface area contributed by atoms with Crippen molar-refractivity contribution >= 4 is 36.5 Å². The molecule has 2 aliphatic heterocycles. The summed E-state index contributed by atoms with van der Waals surface area (Å²) in [6.45, 7) is 8.61. The monoisotopic (exact) mass is 391 g/mol. The van der Waals surface area contributed by atoms with E-state index < -0.39 is 0 Å². The van der Waals surface area contributed by atoms with Gasteiger partial charge in [-0.15, -0.1) is 24.8 Å². The molecule has 0 radical (unpaired) electrons. The van der Waals surface area contributed by atoms with Crippen molar-refractivity contribution in [2.75, 3.05) is 31.5 Å². The van der Waals surface area contributed by atoms with E-state index in [9.17, 15) is 4.79 Å². The van der Waals surface area contributed by atoms with Crippen LogP contribution in [-0.4, -0.2) is 52.8 Å². The van der Waals surface area contributed by atoms with E-state index in [-0.39, 0.29) is 36.6 Å². The Kier molecular flexibility index (Phi) is 9.21. The summed E-state index contributed by atoms with van der Waals surface area (Å²) in [5.41, 5.74) is 0. The Morgan fingerprint density at radius 3 is 2.68 bits per heavy atom. The van der Waals surface area contributed by atoms with Crippen LogP contribution in [0.15, 0.2) is 12.3 Å². The Hall–Kier alpha value is -0.820. The van der Waals surface area contributed by atoms with Gasteiger partial charge < -0.3 is 15.5 Å². The zero-order valence-corrected chi connectivity index (χ0v) is 16.7. The predicted octanol–water partition coefficient (Wildman–Crippen LogP) is 2.71. The fourth-order valence-electron chi connectivity index (χ4n) is 3.78. The van der Waals surface area contributed by atoms with Crippen LogP contribution in [0.3, 0.4) is 0 Å². The summed E-state index contributed by atoms with van der Waals surface area (Å²) >= 11 is 0. The molecule has 2 atom stereocenters. The maximum atomic E-state index is 12.6. The molecule has 2 fully saturated rings. The van der Waals surface area contributed by atoms with Gasteiger partial charge in [-0.3, -0.25) is 4.79 Å². The number of anilines is 1. The van der Waals surface area contributed by atoms with Crippen molar-refractivity contribution < 1.29 is 4.79 Å². The number of nitrogens with one attached hydrogen (secondary N) is 2. The zero-order chi connectivity index (χ0) is 16.2. The topological polar surface area (TPSA) is 62.2 Å². The summed E-state index contributed by atoms with van der Waals surface area (Å²) in [5.74, 6) is 1.11. The first kappa shape index (κ1) is 22.2. The van der Waals surface area contributed by atoms with Crippen LogP contribution in [0.2, 0.25) is 0 Å². The number of aromatic nitrogens is 2. The number of nitrogens with zero attached hydrogens (tertiary/aromatic N) is 3. The molecule has 2 saturated heterocycles. The molecule has 2 aliphatic rings. The summed E-state index contributed by atoms with van der Waals surface area (Å²) in [5, 5.41) is 11.0. The summed E-state index contributed by atoms with van der Waals surface area (Å²) in [6.07, 6.45) is 5.83. The third-order valence-corrected chi connectivity index (χ3v) is 5.27. The van der Waals surface area contributed by atoms with Crippen molar-refractivity contribution in [1.29, 1.82) is 0 Å². The van der Waals surface area contributed by atoms with E-state index in [1.165, 1.54) is 0 Å². The lowest BCUT2D eigenvalue weighted by molar-refractivity contribution is -0.120. The first-order chi connectivity index (χ1) is 11.2. The molecular weight excluding hydrogens is 361 g/mol. The van der Waals surface area contributed by atoms with Crippen LogP contribution in [0.5, 0.6) is 0 Å². The van der Waals surface area contributed by atoms with Crippen LogP contribution in [0.4, 0.5) is 5.82 Å². The lowest BCUT2D eigenvalue weighted by Gasteiger charge is -2.32. The van der Waals surface area contributed by atoms with Crippen molar-refractivity contribution in [3.63, 3.8) is 0 Å². The number of piperidine rings is 2. The van der Waals surface area contributed by atoms with Gasteiger partial charge in [0.05, 0.1) is 12.2 Å². The molecule has 3 heterocycles. The molecule has 0 aliphatic carbocycles. The second kappa shape index (κ2) is 10.4. The minimum atomic E-state index is 0. The van der Waals surface area contributed by atoms with Crippen LogP contribution < -0.4 is 10.6 Å². The fourth-order valence-corrected chi connectivity index (χ4v) is 3.78. The average molecular weight is 392 g/mol. The third-order valence-electron chi connectivity index (χ3n) is 5.27. The number of halogens is 2. The number of rotatable bonds is 4. The van der Waals surface area contributed by atoms with Gasteiger partial charge in [0.25, 0.3) is 0 Å². The fraction of sp³-hybridized carbons (Fsp3) is 0.765. The van der Waals surface area contributed by atoms with Crippen molar-refractivity contribution in [2.45, 2.75) is 51.6 Å². The van der Waals surface area contributed by atoms with Gasteiger partial charge in [0.2, 0.25) is 5.91 Å². The summed E-state index contributed by atoms with van der Waals surface area (Å²) < 4.78 is 2.02. The molecule has 0 bridgehead atoms. The van der Waals surface area contributed by atoms with Gasteiger partial charge >= 0.3 is 0 Å². The lowest BCUT2D eigenvalue weighted by Crippen LogP contribution is -2.40. The molecular formula is C17H31Cl2N5O. The largest absolute Gasteiger partial charge is 0.314 e. The Morgan fingerprint density at radius 2 is 2.04 bits per heavy atom. The molecule has 3 rings (SSSR count). The smallest absolute Gasteiger partial charge is 0.228 e. The molecule has 0 saturated carbocycles. The first-order valence-corrected chi connectivity index (χ1v) is 8.97. The van der Waals surface area contributed by atoms with Crippen molar-refractivity contribution in [1.82, 2.24) is 20.0 Å². The first-order valence-electron chi connectivity index (χ1n) is 8.97. The molecule has 1 aromatic heterocycles. The van der Waals surface area contributed by atoms with E-state index >= 15 is 0 Å². The molecule has 1 amide bonds. The van der Waals surface area contributed by atoms with E-state index in [2.05, 4.69) is 34.5 Å². The number of hydrogen-bond donors (Lipinski definition) is 2. The van der Waals surface area contributed by atoms with Gasteiger partial charge in [-0.2, -0.15) is 5.10 Å². The Bertz CT molecular complexity index is 531. The molecule has 1 aromatic rings. The minimum absolute atomic E-state index is 0. The highest BCUT2D eigenvalue weighted by Crippen LogP contribution is 2.26. The van der Waals surface area contributed by atoms with Gasteiger partial charge in [-0.1, -0.05) is 6.92 Å². The third kappa shape index (κ3) is 5.58. The Morgan fingerprint density at radius 1 is 1.32 bits per heavy atom. The van der Waals surface area contributed by atoms with Crippen molar-refractivity contribution in [3.05, 3.63) is 12.3 Å². The highest BCUT2D eigenvalue weighted by molar-refractivity contribution is 5.91. The Labute approximate surface area is 162 Å². The number of carbonyl (C=O) groups excluding carboxylic acids is 1. The molecule has 2 N–H and O–H groups in total. The second-order valence-corrected chi connectivity index (χ2v) is 6.89. The molecule has 0 aromatic carbocycles. The van der Waals surface area contributed by atoms with E-state index in [0.29, 0.717) is 12.1 Å². The number of likely N-dealkylation sites (tertiary alicyclic amines) is 1. The summed E-state index contributed by atoms with van der Waals surface area (Å²) in [7, 11) is 0. The number of amides is 1. The Balaban J connectivity index is 0.00000156. The molecule has 8 heteroatoms. The van der Waals surface area contributed by atoms with Gasteiger partial charge in [-0.05, 0) is 45.7 Å². The number of hydrogen-bond acceptors (Lipinski definition) is 4. The maximum absolute atomic E-state index is 12.6. The van der Waals surface area contributed by atoms with Crippen LogP contribution >= 0.6 is 24.8 Å². The van der Waals surface area contributed by atoms with E-state index in [0.717, 1.165) is 57.7 Å². The minimum Gasteiger partial charge on any atom is -0.314 e. The SMILES string of the molecule is CCN1CCC(n2nccc2NC(=O)[C@H]2CCN[C@@H](C)C2)CC1.Cl.Cl. The average Bonchev–Trinajstić information content (AvgIpc) is 3.03. The predicted molar refractivity (Wildman–Crippen MR) is 106 cm³/mol. The molecule has 144 valence electrons. The van der Waals surface area contributed by atoms with E-state index in [1.54, 1.807) is 6.20 Å². The van der Waals surface area contributed by atoms with Gasteiger partial charge in [0, 0.05) is 31.1 Å². The van der Waals surface area contributed by atoms with Gasteiger partial charge in [0.15, 0.2) is 0 Å². The summed E-state index contributed by atoms with van der Waals surface area (Å²) in [6, 6.07) is 2.74. The van der Waals surface area contributed by atoms with Crippen molar-refractivity contribution in [3.8, 4) is 0 Å². The van der Waals surface area contributed by atoms with Crippen LogP contribution in [0.1, 0.15) is 45.6 Å². The van der Waals surface area contributed by atoms with Crippen LogP contribution in [-0.2, 0) is 4.79 Å². The highest BCUT2D eigenvalue weighted by atomic mass is 35.5. The molecule has 6 nitrogen and oxygen atoms in total. The van der Waals surface area contributed by atoms with Gasteiger partial charge in [-0.25, -0.2) is 4.68 Å². The van der Waals surface area contributed by atoms with E-state index in [1.807, 2.05) is 10.7 Å². The van der Waals surface area contributed by atoms with Crippen LogP contribution in [0.25, 0.3) is 0 Å². The van der Waals surface area contributed by atoms with Crippen LogP contribution in [0, 0.1) is 5.92 Å². The molecule has 0 spiro atoms. The molecule has 25 heavy (non-hydrogen) atoms. The second-order valence-electron chi connectivity index (χ2n) is 6.89. The quantitative estimate of drug-likeness (QED) is 0.827. The zero-order valence-electron chi connectivity index (χ0n) is 15.1. The van der Waals surface area contributed by atoms with E-state index in [4.69, 9.17) is 0 Å². The standard InChI is InChI=1S/C17H29N5O.2ClH/c1-3-21-10-6-15(7-11-21)22-16(5-9-19-22)20-17(23)14-4-8-18-13(2)12-14;;/h5,9,13-15,18H,3-4,6-8,10-12H2,1-2H3,(H,20,23);2*1H/t13-,14-;;/m0../s1. The van der Waals surface area contributed by atoms with Gasteiger partial charge in [0.1, 0.15) is 5.82 Å². The summed E-state index contributed by atoms with van der Waals surface area (Å²) in [4.78, 5) is 15.0. The highest BCUT2D eigenvalue weighted by Gasteiger charge is 2.27. The lowest BCUT2D eigenvalue weighted by atomic mass is 9.92. The number of carbonyl (C=O) groups is 1. The molecule has 0 unspecified atom stereocenters. The normalized spacial score (nSPS) is 24.9. The maximum Gasteiger partial charge on any atom is 0.228 e. The van der Waals surface area contributed by atoms with Crippen molar-refractivity contribution in [2.24, 2.45) is 5.92 Å².